The Labute approximate surface area is 139 Å². The van der Waals surface area contributed by atoms with Crippen molar-refractivity contribution in [1.82, 2.24) is 20.3 Å². The van der Waals surface area contributed by atoms with Crippen molar-refractivity contribution in [3.05, 3.63) is 33.5 Å². The second-order valence-corrected chi connectivity index (χ2v) is 7.17. The molecule has 2 aromatic rings. The molecule has 0 spiro atoms. The smallest absolute Gasteiger partial charge is 0.231 e. The number of hydrogen-bond acceptors (Lipinski definition) is 6. The molecule has 1 N–H and O–H groups in total. The molecule has 0 aliphatic heterocycles. The van der Waals surface area contributed by atoms with E-state index in [0.717, 1.165) is 22.8 Å². The molecule has 7 heteroatoms. The predicted molar refractivity (Wildman–Crippen MR) is 90.3 cm³/mol. The highest BCUT2D eigenvalue weighted by molar-refractivity contribution is 7.99. The molecule has 1 atom stereocenters. The summed E-state index contributed by atoms with van der Waals surface area (Å²) in [5.41, 5.74) is 1.94. The summed E-state index contributed by atoms with van der Waals surface area (Å²) in [6.07, 6.45) is 2.53. The Morgan fingerprint density at radius 2 is 2.14 bits per heavy atom. The third-order valence-corrected chi connectivity index (χ3v) is 5.24. The first-order chi connectivity index (χ1) is 10.5. The average Bonchev–Trinajstić information content (AvgIpc) is 2.82. The van der Waals surface area contributed by atoms with E-state index in [0.29, 0.717) is 10.9 Å². The fourth-order valence-electron chi connectivity index (χ4n) is 1.85. The number of nitrogens with one attached hydrogen (secondary N) is 1. The van der Waals surface area contributed by atoms with Gasteiger partial charge in [-0.05, 0) is 33.3 Å². The molecule has 2 aromatic heterocycles. The summed E-state index contributed by atoms with van der Waals surface area (Å²) in [7, 11) is 0. The van der Waals surface area contributed by atoms with Gasteiger partial charge in [-0.1, -0.05) is 18.7 Å². The molecule has 2 heterocycles. The molecule has 0 saturated heterocycles. The molecule has 22 heavy (non-hydrogen) atoms. The van der Waals surface area contributed by atoms with Gasteiger partial charge in [-0.25, -0.2) is 15.0 Å². The molecule has 0 aliphatic rings. The lowest BCUT2D eigenvalue weighted by molar-refractivity contribution is -0.119. The van der Waals surface area contributed by atoms with E-state index in [4.69, 9.17) is 0 Å². The zero-order valence-electron chi connectivity index (χ0n) is 13.2. The highest BCUT2D eigenvalue weighted by Crippen LogP contribution is 2.25. The highest BCUT2D eigenvalue weighted by atomic mass is 32.2. The summed E-state index contributed by atoms with van der Waals surface area (Å²) in [6, 6.07) is 1.81. The van der Waals surface area contributed by atoms with E-state index in [-0.39, 0.29) is 11.9 Å². The van der Waals surface area contributed by atoms with Crippen LogP contribution in [0, 0.1) is 20.8 Å². The number of nitrogens with zero attached hydrogens (tertiary/aromatic N) is 3. The normalized spacial score (nSPS) is 12.2. The number of amides is 1. The quantitative estimate of drug-likeness (QED) is 0.648. The number of aromatic nitrogens is 3. The fourth-order valence-corrected chi connectivity index (χ4v) is 3.59. The molecule has 1 unspecified atom stereocenters. The standard InChI is InChI=1S/C15H20N4OS2/c1-5-12(14-18-10(3)11(4)22-14)19-13(20)8-21-15-16-7-6-9(2)17-15/h6-7,12H,5,8H2,1-4H3,(H,19,20). The number of carbonyl (C=O) groups excluding carboxylic acids is 1. The molecule has 0 fully saturated rings. The van der Waals surface area contributed by atoms with Crippen molar-refractivity contribution >= 4 is 29.0 Å². The van der Waals surface area contributed by atoms with Gasteiger partial charge in [-0.15, -0.1) is 11.3 Å². The number of hydrogen-bond donors (Lipinski definition) is 1. The van der Waals surface area contributed by atoms with E-state index in [1.165, 1.54) is 16.6 Å². The SMILES string of the molecule is CCC(NC(=O)CSc1nccc(C)n1)c1nc(C)c(C)s1. The second kappa shape index (κ2) is 7.69. The van der Waals surface area contributed by atoms with Crippen molar-refractivity contribution in [2.45, 2.75) is 45.3 Å². The van der Waals surface area contributed by atoms with Gasteiger partial charge in [0.25, 0.3) is 0 Å². The van der Waals surface area contributed by atoms with E-state index in [1.54, 1.807) is 17.5 Å². The van der Waals surface area contributed by atoms with Gasteiger partial charge in [0, 0.05) is 16.8 Å². The monoisotopic (exact) mass is 336 g/mol. The molecular weight excluding hydrogens is 316 g/mol. The van der Waals surface area contributed by atoms with Gasteiger partial charge in [0.15, 0.2) is 5.16 Å². The van der Waals surface area contributed by atoms with Gasteiger partial charge >= 0.3 is 0 Å². The average molecular weight is 336 g/mol. The van der Waals surface area contributed by atoms with E-state index < -0.39 is 0 Å². The Morgan fingerprint density at radius 1 is 1.36 bits per heavy atom. The molecule has 0 bridgehead atoms. The van der Waals surface area contributed by atoms with E-state index in [9.17, 15) is 4.79 Å². The minimum atomic E-state index is -0.0241. The van der Waals surface area contributed by atoms with E-state index in [1.807, 2.05) is 26.8 Å². The van der Waals surface area contributed by atoms with Crippen LogP contribution in [0.3, 0.4) is 0 Å². The van der Waals surface area contributed by atoms with E-state index in [2.05, 4.69) is 27.2 Å². The van der Waals surface area contributed by atoms with Gasteiger partial charge < -0.3 is 5.32 Å². The molecule has 0 aromatic carbocycles. The Morgan fingerprint density at radius 3 is 2.73 bits per heavy atom. The van der Waals surface area contributed by atoms with Crippen molar-refractivity contribution in [2.75, 3.05) is 5.75 Å². The Kier molecular flexibility index (Phi) is 5.90. The highest BCUT2D eigenvalue weighted by Gasteiger charge is 2.17. The van der Waals surface area contributed by atoms with Gasteiger partial charge in [-0.3, -0.25) is 4.79 Å². The maximum Gasteiger partial charge on any atom is 0.231 e. The molecule has 0 saturated carbocycles. The fraction of sp³-hybridized carbons (Fsp3) is 0.467. The van der Waals surface area contributed by atoms with Gasteiger partial charge in [0.05, 0.1) is 17.5 Å². The predicted octanol–water partition coefficient (Wildman–Crippen LogP) is 3.22. The number of thiazole rings is 1. The van der Waals surface area contributed by atoms with Crippen LogP contribution in [0.2, 0.25) is 0 Å². The summed E-state index contributed by atoms with van der Waals surface area (Å²) in [5.74, 6) is 0.288. The number of rotatable bonds is 6. The van der Waals surface area contributed by atoms with Crippen molar-refractivity contribution in [1.29, 1.82) is 0 Å². The topological polar surface area (TPSA) is 67.8 Å². The first-order valence-electron chi connectivity index (χ1n) is 7.15. The lowest BCUT2D eigenvalue weighted by Gasteiger charge is -2.14. The largest absolute Gasteiger partial charge is 0.346 e. The molecule has 1 amide bonds. The summed E-state index contributed by atoms with van der Waals surface area (Å²) in [6.45, 7) is 8.00. The lowest BCUT2D eigenvalue weighted by atomic mass is 10.2. The first kappa shape index (κ1) is 16.9. The van der Waals surface area contributed by atoms with Crippen molar-refractivity contribution in [3.8, 4) is 0 Å². The van der Waals surface area contributed by atoms with Crippen LogP contribution in [0.15, 0.2) is 17.4 Å². The van der Waals surface area contributed by atoms with Crippen LogP contribution in [-0.4, -0.2) is 26.6 Å². The Bertz CT molecular complexity index is 637. The molecule has 118 valence electrons. The summed E-state index contributed by atoms with van der Waals surface area (Å²) >= 11 is 3.00. The van der Waals surface area contributed by atoms with Crippen LogP contribution < -0.4 is 5.32 Å². The Balaban J connectivity index is 1.92. The zero-order chi connectivity index (χ0) is 16.1. The summed E-state index contributed by atoms with van der Waals surface area (Å²) in [4.78, 5) is 26.3. The lowest BCUT2D eigenvalue weighted by Crippen LogP contribution is -2.29. The summed E-state index contributed by atoms with van der Waals surface area (Å²) < 4.78 is 0. The van der Waals surface area contributed by atoms with Crippen LogP contribution in [0.1, 0.15) is 40.7 Å². The van der Waals surface area contributed by atoms with Gasteiger partial charge in [0.1, 0.15) is 5.01 Å². The maximum atomic E-state index is 12.1. The van der Waals surface area contributed by atoms with Crippen LogP contribution in [0.5, 0.6) is 0 Å². The van der Waals surface area contributed by atoms with Crippen LogP contribution in [0.25, 0.3) is 0 Å². The van der Waals surface area contributed by atoms with Gasteiger partial charge in [-0.2, -0.15) is 0 Å². The van der Waals surface area contributed by atoms with Crippen LogP contribution in [0.4, 0.5) is 0 Å². The Hall–Kier alpha value is -1.47. The summed E-state index contributed by atoms with van der Waals surface area (Å²) in [5, 5.41) is 4.64. The van der Waals surface area contributed by atoms with Crippen LogP contribution in [-0.2, 0) is 4.79 Å². The molecule has 0 aliphatic carbocycles. The zero-order valence-corrected chi connectivity index (χ0v) is 14.8. The third kappa shape index (κ3) is 4.51. The second-order valence-electron chi connectivity index (χ2n) is 4.99. The first-order valence-corrected chi connectivity index (χ1v) is 8.95. The van der Waals surface area contributed by atoms with Crippen molar-refractivity contribution in [3.63, 3.8) is 0 Å². The minimum Gasteiger partial charge on any atom is -0.346 e. The van der Waals surface area contributed by atoms with Gasteiger partial charge in [0.2, 0.25) is 5.91 Å². The third-order valence-electron chi connectivity index (χ3n) is 3.19. The van der Waals surface area contributed by atoms with E-state index >= 15 is 0 Å². The molecule has 0 radical (unpaired) electrons. The van der Waals surface area contributed by atoms with Crippen LogP contribution >= 0.6 is 23.1 Å². The molecule has 2 rings (SSSR count). The molecule has 5 nitrogen and oxygen atoms in total. The number of aryl methyl sites for hydroxylation is 3. The number of thioether (sulfide) groups is 1. The van der Waals surface area contributed by atoms with Crippen molar-refractivity contribution in [2.24, 2.45) is 0 Å². The minimum absolute atomic E-state index is 0.0209. The van der Waals surface area contributed by atoms with Crippen molar-refractivity contribution < 1.29 is 4.79 Å². The molecular formula is C15H20N4OS2. The maximum absolute atomic E-state index is 12.1. The number of carbonyl (C=O) groups is 1.